The highest BCUT2D eigenvalue weighted by atomic mass is 79.9. The highest BCUT2D eigenvalue weighted by Gasteiger charge is 2.34. The van der Waals surface area contributed by atoms with Crippen LogP contribution in [-0.4, -0.2) is 5.91 Å². The number of aryl methyl sites for hydroxylation is 2. The highest BCUT2D eigenvalue weighted by Crippen LogP contribution is 2.36. The summed E-state index contributed by atoms with van der Waals surface area (Å²) in [4.78, 5) is 15.3. The second-order valence-corrected chi connectivity index (χ2v) is 8.36. The Balaban J connectivity index is 1.68. The van der Waals surface area contributed by atoms with Crippen molar-refractivity contribution in [3.63, 3.8) is 0 Å². The van der Waals surface area contributed by atoms with Crippen LogP contribution in [0.25, 0.3) is 0 Å². The van der Waals surface area contributed by atoms with Gasteiger partial charge in [-0.2, -0.15) is 0 Å². The van der Waals surface area contributed by atoms with E-state index in [-0.39, 0.29) is 11.9 Å². The largest absolute Gasteiger partial charge is 0.351 e. The number of carbonyl (C=O) groups is 1. The van der Waals surface area contributed by atoms with Crippen molar-refractivity contribution in [3.05, 3.63) is 106 Å². The van der Waals surface area contributed by atoms with E-state index in [4.69, 9.17) is 0 Å². The third-order valence-electron chi connectivity index (χ3n) is 5.53. The first-order valence-corrected chi connectivity index (χ1v) is 11.1. The van der Waals surface area contributed by atoms with Crippen molar-refractivity contribution in [2.24, 2.45) is 0 Å². The van der Waals surface area contributed by atoms with E-state index in [1.54, 1.807) is 0 Å². The molecule has 3 aromatic carbocycles. The van der Waals surface area contributed by atoms with E-state index in [9.17, 15) is 4.79 Å². The zero-order valence-corrected chi connectivity index (χ0v) is 18.8. The maximum atomic E-state index is 13.4. The van der Waals surface area contributed by atoms with Gasteiger partial charge in [-0.1, -0.05) is 66.2 Å². The van der Waals surface area contributed by atoms with Crippen molar-refractivity contribution in [1.29, 1.82) is 0 Å². The molecular weight excluding hydrogens is 436 g/mol. The molecule has 1 N–H and O–H groups in total. The molecular formula is C26H25BrN2O. The van der Waals surface area contributed by atoms with Gasteiger partial charge in [0, 0.05) is 15.8 Å². The van der Waals surface area contributed by atoms with E-state index < -0.39 is 0 Å². The Hall–Kier alpha value is -2.85. The first kappa shape index (κ1) is 20.4. The molecule has 0 radical (unpaired) electrons. The van der Waals surface area contributed by atoms with Crippen LogP contribution in [0.5, 0.6) is 0 Å². The van der Waals surface area contributed by atoms with E-state index in [0.717, 1.165) is 34.3 Å². The van der Waals surface area contributed by atoms with Gasteiger partial charge in [0.25, 0.3) is 5.91 Å². The summed E-state index contributed by atoms with van der Waals surface area (Å²) in [6.45, 7) is 4.27. The molecule has 4 rings (SSSR count). The number of amides is 1. The number of nitrogens with zero attached hydrogens (tertiary/aromatic N) is 1. The first-order valence-electron chi connectivity index (χ1n) is 10.3. The lowest BCUT2D eigenvalue weighted by Gasteiger charge is -2.25. The van der Waals surface area contributed by atoms with Crippen LogP contribution in [0.1, 0.15) is 36.6 Å². The number of nitrogens with one attached hydrogen (secondary N) is 1. The van der Waals surface area contributed by atoms with Gasteiger partial charge in [-0.05, 0) is 72.0 Å². The van der Waals surface area contributed by atoms with Crippen molar-refractivity contribution in [2.75, 3.05) is 10.2 Å². The predicted molar refractivity (Wildman–Crippen MR) is 128 cm³/mol. The van der Waals surface area contributed by atoms with E-state index in [1.807, 2.05) is 47.4 Å². The molecule has 1 amide bonds. The Morgan fingerprint density at radius 1 is 0.833 bits per heavy atom. The molecule has 1 aliphatic rings. The van der Waals surface area contributed by atoms with Crippen LogP contribution in [0, 0.1) is 0 Å². The third kappa shape index (κ3) is 4.19. The molecule has 0 bridgehead atoms. The number of benzene rings is 3. The van der Waals surface area contributed by atoms with E-state index >= 15 is 0 Å². The first-order chi connectivity index (χ1) is 14.6. The maximum Gasteiger partial charge on any atom is 0.275 e. The molecule has 4 heteroatoms. The molecule has 30 heavy (non-hydrogen) atoms. The quantitative estimate of drug-likeness (QED) is 0.445. The Morgan fingerprint density at radius 3 is 1.97 bits per heavy atom. The standard InChI is InChI=1S/C26H25BrN2O/c1-3-18-5-13-22(14-6-18)28-24-17-25(20-9-11-21(27)12-10-20)29(26(24)30)23-15-7-19(4-2)8-16-23/h5-17,25,28H,3-4H2,1-2H3/t25-/m1/s1. The third-order valence-corrected chi connectivity index (χ3v) is 6.06. The minimum atomic E-state index is -0.157. The summed E-state index contributed by atoms with van der Waals surface area (Å²) in [5, 5.41) is 3.34. The van der Waals surface area contributed by atoms with E-state index in [0.29, 0.717) is 5.70 Å². The van der Waals surface area contributed by atoms with Crippen LogP contribution in [-0.2, 0) is 17.6 Å². The fourth-order valence-corrected chi connectivity index (χ4v) is 3.97. The van der Waals surface area contributed by atoms with Crippen molar-refractivity contribution in [2.45, 2.75) is 32.7 Å². The summed E-state index contributed by atoms with van der Waals surface area (Å²) in [7, 11) is 0. The lowest BCUT2D eigenvalue weighted by molar-refractivity contribution is -0.114. The molecule has 0 unspecified atom stereocenters. The number of halogens is 1. The fourth-order valence-electron chi connectivity index (χ4n) is 3.71. The van der Waals surface area contributed by atoms with Gasteiger partial charge in [0.05, 0.1) is 6.04 Å². The van der Waals surface area contributed by atoms with Gasteiger partial charge in [0.2, 0.25) is 0 Å². The number of anilines is 2. The minimum Gasteiger partial charge on any atom is -0.351 e. The van der Waals surface area contributed by atoms with Crippen LogP contribution in [0.2, 0.25) is 0 Å². The van der Waals surface area contributed by atoms with Crippen molar-refractivity contribution in [1.82, 2.24) is 0 Å². The number of hydrogen-bond donors (Lipinski definition) is 1. The molecule has 1 aliphatic heterocycles. The summed E-state index contributed by atoms with van der Waals surface area (Å²) in [6, 6.07) is 24.5. The Labute approximate surface area is 186 Å². The van der Waals surface area contributed by atoms with Gasteiger partial charge in [0.1, 0.15) is 5.70 Å². The second-order valence-electron chi connectivity index (χ2n) is 7.45. The fraction of sp³-hybridized carbons (Fsp3) is 0.192. The lowest BCUT2D eigenvalue weighted by atomic mass is 10.1. The molecule has 0 aliphatic carbocycles. The lowest BCUT2D eigenvalue weighted by Crippen LogP contribution is -2.30. The molecule has 0 spiro atoms. The molecule has 0 saturated heterocycles. The zero-order valence-electron chi connectivity index (χ0n) is 17.2. The van der Waals surface area contributed by atoms with Crippen molar-refractivity contribution in [3.8, 4) is 0 Å². The van der Waals surface area contributed by atoms with Crippen molar-refractivity contribution < 1.29 is 4.79 Å². The highest BCUT2D eigenvalue weighted by molar-refractivity contribution is 9.10. The summed E-state index contributed by atoms with van der Waals surface area (Å²) < 4.78 is 1.02. The topological polar surface area (TPSA) is 32.3 Å². The summed E-state index contributed by atoms with van der Waals surface area (Å²) >= 11 is 3.50. The van der Waals surface area contributed by atoms with Crippen LogP contribution in [0.4, 0.5) is 11.4 Å². The molecule has 0 saturated carbocycles. The van der Waals surface area contributed by atoms with Gasteiger partial charge in [-0.25, -0.2) is 0 Å². The molecule has 1 heterocycles. The van der Waals surface area contributed by atoms with Gasteiger partial charge in [0.15, 0.2) is 0 Å². The summed E-state index contributed by atoms with van der Waals surface area (Å²) in [5.41, 5.74) is 6.03. The molecule has 3 nitrogen and oxygen atoms in total. The summed E-state index contributed by atoms with van der Waals surface area (Å²) in [5.74, 6) is -0.0215. The zero-order chi connectivity index (χ0) is 21.1. The molecule has 0 aromatic heterocycles. The molecule has 0 fully saturated rings. The van der Waals surface area contributed by atoms with Crippen LogP contribution in [0.15, 0.2) is 89.0 Å². The second kappa shape index (κ2) is 8.88. The Kier molecular flexibility index (Phi) is 6.05. The smallest absolute Gasteiger partial charge is 0.275 e. The van der Waals surface area contributed by atoms with Crippen LogP contribution < -0.4 is 10.2 Å². The van der Waals surface area contributed by atoms with Gasteiger partial charge < -0.3 is 5.32 Å². The molecule has 152 valence electrons. The van der Waals surface area contributed by atoms with Crippen LogP contribution in [0.3, 0.4) is 0 Å². The van der Waals surface area contributed by atoms with Gasteiger partial charge in [-0.3, -0.25) is 9.69 Å². The van der Waals surface area contributed by atoms with E-state index in [2.05, 4.69) is 71.5 Å². The van der Waals surface area contributed by atoms with Crippen molar-refractivity contribution >= 4 is 33.2 Å². The average Bonchev–Trinajstić information content (AvgIpc) is 3.10. The Bertz CT molecular complexity index is 1050. The maximum absolute atomic E-state index is 13.4. The van der Waals surface area contributed by atoms with Gasteiger partial charge in [-0.15, -0.1) is 0 Å². The van der Waals surface area contributed by atoms with Gasteiger partial charge >= 0.3 is 0 Å². The van der Waals surface area contributed by atoms with E-state index in [1.165, 1.54) is 11.1 Å². The summed E-state index contributed by atoms with van der Waals surface area (Å²) in [6.07, 6.45) is 3.99. The number of carbonyl (C=O) groups excluding carboxylic acids is 1. The Morgan fingerprint density at radius 2 is 1.40 bits per heavy atom. The predicted octanol–water partition coefficient (Wildman–Crippen LogP) is 6.66. The average molecular weight is 461 g/mol. The number of rotatable bonds is 6. The monoisotopic (exact) mass is 460 g/mol. The number of hydrogen-bond acceptors (Lipinski definition) is 2. The molecule has 3 aromatic rings. The molecule has 1 atom stereocenters. The van der Waals surface area contributed by atoms with Crippen LogP contribution >= 0.6 is 15.9 Å². The minimum absolute atomic E-state index is 0.0215. The normalized spacial score (nSPS) is 16.0. The SMILES string of the molecule is CCc1ccc(NC2=C[C@H](c3ccc(Br)cc3)N(c3ccc(CC)cc3)C2=O)cc1.